The molecule has 2 rings (SSSR count). The number of rotatable bonds is 5. The van der Waals surface area contributed by atoms with Crippen molar-refractivity contribution >= 4 is 23.4 Å². The van der Waals surface area contributed by atoms with E-state index in [-0.39, 0.29) is 17.1 Å². The lowest BCUT2D eigenvalue weighted by atomic mass is 10.2. The van der Waals surface area contributed by atoms with Crippen LogP contribution < -0.4 is 5.32 Å². The molecule has 1 amide bonds. The number of benzene rings is 1. The van der Waals surface area contributed by atoms with Crippen LogP contribution in [0.4, 0.5) is 11.5 Å². The van der Waals surface area contributed by atoms with Crippen LogP contribution in [0.15, 0.2) is 34.9 Å². The monoisotopic (exact) mass is 305 g/mol. The van der Waals surface area contributed by atoms with Crippen LogP contribution in [0.2, 0.25) is 0 Å². The van der Waals surface area contributed by atoms with Crippen molar-refractivity contribution in [3.05, 3.63) is 51.8 Å². The number of ether oxygens (including phenoxy) is 1. The molecule has 0 spiro atoms. The third kappa shape index (κ3) is 3.88. The van der Waals surface area contributed by atoms with E-state index in [0.717, 1.165) is 0 Å². The van der Waals surface area contributed by atoms with E-state index in [1.807, 2.05) is 0 Å². The summed E-state index contributed by atoms with van der Waals surface area (Å²) in [5, 5.41) is 16.4. The number of hydrogen-bond donors (Lipinski definition) is 1. The summed E-state index contributed by atoms with van der Waals surface area (Å²) in [5.41, 5.74) is -0.0358. The number of anilines is 1. The number of non-ortho nitro benzene ring substituents is 1. The summed E-state index contributed by atoms with van der Waals surface area (Å²) in [6.45, 7) is 1.15. The fraction of sp³-hybridized carbons (Fsp3) is 0.154. The zero-order valence-electron chi connectivity index (χ0n) is 11.4. The van der Waals surface area contributed by atoms with Gasteiger partial charge in [-0.05, 0) is 19.1 Å². The van der Waals surface area contributed by atoms with Gasteiger partial charge in [-0.3, -0.25) is 14.9 Å². The van der Waals surface area contributed by atoms with Crippen molar-refractivity contribution in [3.63, 3.8) is 0 Å². The number of amides is 1. The Kier molecular flexibility index (Phi) is 4.47. The molecule has 1 aromatic carbocycles. The van der Waals surface area contributed by atoms with Gasteiger partial charge >= 0.3 is 5.97 Å². The molecule has 0 radical (unpaired) electrons. The summed E-state index contributed by atoms with van der Waals surface area (Å²) >= 11 is 0. The smallest absolute Gasteiger partial charge is 0.338 e. The van der Waals surface area contributed by atoms with E-state index in [4.69, 9.17) is 9.26 Å². The first-order valence-corrected chi connectivity index (χ1v) is 6.10. The maximum Gasteiger partial charge on any atom is 0.338 e. The average Bonchev–Trinajstić information content (AvgIpc) is 2.90. The standard InChI is InChI=1S/C13H11N3O6/c1-8-6-11(15-22-8)14-12(17)7-21-13(18)9-2-4-10(5-3-9)16(19)20/h2-6H,7H2,1H3,(H,14,15,17). The van der Waals surface area contributed by atoms with Crippen LogP contribution in [-0.4, -0.2) is 28.6 Å². The quantitative estimate of drug-likeness (QED) is 0.506. The molecule has 9 nitrogen and oxygen atoms in total. The molecule has 0 atom stereocenters. The predicted octanol–water partition coefficient (Wildman–Crippen LogP) is 1.69. The Balaban J connectivity index is 1.86. The number of aryl methyl sites for hydroxylation is 1. The minimum absolute atomic E-state index is 0.107. The Morgan fingerprint density at radius 3 is 2.59 bits per heavy atom. The number of nitrogens with zero attached hydrogens (tertiary/aromatic N) is 2. The molecule has 0 aliphatic carbocycles. The van der Waals surface area contributed by atoms with Crippen molar-refractivity contribution in [2.24, 2.45) is 0 Å². The van der Waals surface area contributed by atoms with E-state index in [2.05, 4.69) is 10.5 Å². The molecular formula is C13H11N3O6. The van der Waals surface area contributed by atoms with Crippen molar-refractivity contribution < 1.29 is 23.8 Å². The molecule has 0 saturated carbocycles. The summed E-state index contributed by atoms with van der Waals surface area (Å²) in [6.07, 6.45) is 0. The number of nitro groups is 1. The van der Waals surface area contributed by atoms with Gasteiger partial charge in [0.05, 0.1) is 10.5 Å². The van der Waals surface area contributed by atoms with E-state index >= 15 is 0 Å². The Hall–Kier alpha value is -3.23. The predicted molar refractivity (Wildman–Crippen MR) is 73.2 cm³/mol. The zero-order valence-corrected chi connectivity index (χ0v) is 11.4. The second kappa shape index (κ2) is 6.48. The largest absolute Gasteiger partial charge is 0.452 e. The first-order valence-electron chi connectivity index (χ1n) is 6.10. The lowest BCUT2D eigenvalue weighted by Gasteiger charge is -2.04. The van der Waals surface area contributed by atoms with Gasteiger partial charge in [0.15, 0.2) is 12.4 Å². The molecule has 0 unspecified atom stereocenters. The second-order valence-electron chi connectivity index (χ2n) is 4.25. The highest BCUT2D eigenvalue weighted by Gasteiger charge is 2.13. The van der Waals surface area contributed by atoms with Crippen molar-refractivity contribution in [1.82, 2.24) is 5.16 Å². The minimum Gasteiger partial charge on any atom is -0.452 e. The Labute approximate surface area is 124 Å². The topological polar surface area (TPSA) is 125 Å². The molecule has 0 saturated heterocycles. The van der Waals surface area contributed by atoms with Crippen molar-refractivity contribution in [2.45, 2.75) is 6.92 Å². The van der Waals surface area contributed by atoms with Crippen LogP contribution in [0.5, 0.6) is 0 Å². The summed E-state index contributed by atoms with van der Waals surface area (Å²) < 4.78 is 9.55. The highest BCUT2D eigenvalue weighted by molar-refractivity contribution is 5.95. The first kappa shape index (κ1) is 15.2. The van der Waals surface area contributed by atoms with Gasteiger partial charge < -0.3 is 14.6 Å². The third-order valence-corrected chi connectivity index (χ3v) is 2.54. The van der Waals surface area contributed by atoms with Gasteiger partial charge in [-0.1, -0.05) is 5.16 Å². The van der Waals surface area contributed by atoms with Gasteiger partial charge in [-0.2, -0.15) is 0 Å². The maximum absolute atomic E-state index is 11.7. The van der Waals surface area contributed by atoms with Crippen molar-refractivity contribution in [3.8, 4) is 0 Å². The molecule has 0 fully saturated rings. The van der Waals surface area contributed by atoms with Gasteiger partial charge in [-0.25, -0.2) is 4.79 Å². The van der Waals surface area contributed by atoms with Crippen LogP contribution in [-0.2, 0) is 9.53 Å². The maximum atomic E-state index is 11.7. The fourth-order valence-electron chi connectivity index (χ4n) is 1.54. The molecule has 1 heterocycles. The number of carbonyl (C=O) groups excluding carboxylic acids is 2. The highest BCUT2D eigenvalue weighted by Crippen LogP contribution is 2.12. The number of nitro benzene ring substituents is 1. The zero-order chi connectivity index (χ0) is 16.1. The van der Waals surface area contributed by atoms with Crippen LogP contribution >= 0.6 is 0 Å². The molecular weight excluding hydrogens is 294 g/mol. The van der Waals surface area contributed by atoms with Crippen LogP contribution in [0, 0.1) is 17.0 Å². The van der Waals surface area contributed by atoms with E-state index < -0.39 is 23.4 Å². The molecule has 1 aromatic heterocycles. The number of aromatic nitrogens is 1. The number of esters is 1. The fourth-order valence-corrected chi connectivity index (χ4v) is 1.54. The molecule has 2 aromatic rings. The number of hydrogen-bond acceptors (Lipinski definition) is 7. The lowest BCUT2D eigenvalue weighted by Crippen LogP contribution is -2.21. The lowest BCUT2D eigenvalue weighted by molar-refractivity contribution is -0.384. The first-order chi connectivity index (χ1) is 10.5. The van der Waals surface area contributed by atoms with E-state index in [9.17, 15) is 19.7 Å². The van der Waals surface area contributed by atoms with Gasteiger partial charge in [0.25, 0.3) is 11.6 Å². The molecule has 1 N–H and O–H groups in total. The van der Waals surface area contributed by atoms with E-state index in [0.29, 0.717) is 5.76 Å². The third-order valence-electron chi connectivity index (χ3n) is 2.54. The summed E-state index contributed by atoms with van der Waals surface area (Å²) in [5.74, 6) is -0.600. The van der Waals surface area contributed by atoms with Gasteiger partial charge in [0.1, 0.15) is 5.76 Å². The molecule has 0 aliphatic rings. The molecule has 9 heteroatoms. The normalized spacial score (nSPS) is 10.0. The SMILES string of the molecule is Cc1cc(NC(=O)COC(=O)c2ccc([N+](=O)[O-])cc2)no1. The van der Waals surface area contributed by atoms with Gasteiger partial charge in [0, 0.05) is 18.2 Å². The number of nitrogens with one attached hydrogen (secondary N) is 1. The Morgan fingerprint density at radius 1 is 1.36 bits per heavy atom. The van der Waals surface area contributed by atoms with Crippen LogP contribution in [0.3, 0.4) is 0 Å². The highest BCUT2D eigenvalue weighted by atomic mass is 16.6. The summed E-state index contributed by atoms with van der Waals surface area (Å²) in [4.78, 5) is 33.1. The molecule has 22 heavy (non-hydrogen) atoms. The van der Waals surface area contributed by atoms with Crippen molar-refractivity contribution in [2.75, 3.05) is 11.9 Å². The van der Waals surface area contributed by atoms with Crippen molar-refractivity contribution in [1.29, 1.82) is 0 Å². The second-order valence-corrected chi connectivity index (χ2v) is 4.25. The van der Waals surface area contributed by atoms with Crippen LogP contribution in [0.25, 0.3) is 0 Å². The molecule has 114 valence electrons. The summed E-state index contributed by atoms with van der Waals surface area (Å²) in [7, 11) is 0. The number of carbonyl (C=O) groups is 2. The van der Waals surface area contributed by atoms with E-state index in [1.54, 1.807) is 6.92 Å². The Bertz CT molecular complexity index is 707. The molecule has 0 aliphatic heterocycles. The molecule has 0 bridgehead atoms. The summed E-state index contributed by atoms with van der Waals surface area (Å²) in [6, 6.07) is 6.36. The van der Waals surface area contributed by atoms with E-state index in [1.165, 1.54) is 30.3 Å². The minimum atomic E-state index is -0.763. The van der Waals surface area contributed by atoms with Gasteiger partial charge in [0.2, 0.25) is 0 Å². The average molecular weight is 305 g/mol. The van der Waals surface area contributed by atoms with Crippen LogP contribution in [0.1, 0.15) is 16.1 Å². The van der Waals surface area contributed by atoms with Gasteiger partial charge in [-0.15, -0.1) is 0 Å². The Morgan fingerprint density at radius 2 is 2.05 bits per heavy atom.